The molecule has 4 rings (SSSR count). The number of benzene rings is 1. The highest BCUT2D eigenvalue weighted by molar-refractivity contribution is 7.18. The molecule has 0 unspecified atom stereocenters. The minimum absolute atomic E-state index is 0.0422. The summed E-state index contributed by atoms with van der Waals surface area (Å²) in [5.74, 6) is -0.0332. The van der Waals surface area contributed by atoms with Gasteiger partial charge in [-0.05, 0) is 61.9 Å². The molecule has 128 valence electrons. The normalized spacial score (nSPS) is 13.2. The highest BCUT2D eigenvalue weighted by atomic mass is 32.1. The lowest BCUT2D eigenvalue weighted by Crippen LogP contribution is -2.14. The first-order chi connectivity index (χ1) is 12.0. The van der Waals surface area contributed by atoms with E-state index in [1.807, 2.05) is 19.9 Å². The monoisotopic (exact) mass is 354 g/mol. The zero-order valence-electron chi connectivity index (χ0n) is 14.1. The molecule has 5 nitrogen and oxygen atoms in total. The number of rotatable bonds is 3. The van der Waals surface area contributed by atoms with Gasteiger partial charge in [0.25, 0.3) is 5.56 Å². The molecule has 6 heteroatoms. The number of hydrogen-bond donors (Lipinski definition) is 1. The van der Waals surface area contributed by atoms with Gasteiger partial charge in [0.2, 0.25) is 0 Å². The highest BCUT2D eigenvalue weighted by Crippen LogP contribution is 2.34. The Balaban J connectivity index is 1.56. The minimum atomic E-state index is -0.417. The van der Waals surface area contributed by atoms with Crippen LogP contribution >= 0.6 is 11.3 Å². The van der Waals surface area contributed by atoms with Gasteiger partial charge in [-0.1, -0.05) is 6.07 Å². The lowest BCUT2D eigenvalue weighted by Gasteiger charge is -2.06. The summed E-state index contributed by atoms with van der Waals surface area (Å²) >= 11 is 1.58. The van der Waals surface area contributed by atoms with Crippen molar-refractivity contribution in [2.24, 2.45) is 0 Å². The molecule has 1 aliphatic rings. The number of hydrogen-bond acceptors (Lipinski definition) is 5. The van der Waals surface area contributed by atoms with Gasteiger partial charge in [-0.2, -0.15) is 0 Å². The largest absolute Gasteiger partial charge is 0.454 e. The summed E-state index contributed by atoms with van der Waals surface area (Å²) in [6.45, 7) is 3.90. The first-order valence-electron chi connectivity index (χ1n) is 8.31. The number of carbonyl (C=O) groups excluding carboxylic acids is 1. The molecule has 0 spiro atoms. The van der Waals surface area contributed by atoms with Crippen LogP contribution in [-0.2, 0) is 24.2 Å². The lowest BCUT2D eigenvalue weighted by molar-refractivity contribution is 0.0462. The number of ether oxygens (including phenoxy) is 1. The maximum Gasteiger partial charge on any atom is 0.338 e. The molecule has 0 saturated heterocycles. The van der Waals surface area contributed by atoms with Crippen molar-refractivity contribution in [3.63, 3.8) is 0 Å². The van der Waals surface area contributed by atoms with Crippen LogP contribution in [0, 0.1) is 13.8 Å². The van der Waals surface area contributed by atoms with Crippen LogP contribution in [0.5, 0.6) is 0 Å². The molecule has 0 radical (unpaired) electrons. The van der Waals surface area contributed by atoms with Crippen molar-refractivity contribution in [3.05, 3.63) is 61.5 Å². The lowest BCUT2D eigenvalue weighted by atomic mass is 10.1. The van der Waals surface area contributed by atoms with Crippen LogP contribution in [0.15, 0.2) is 23.0 Å². The molecule has 0 fully saturated rings. The van der Waals surface area contributed by atoms with E-state index in [-0.39, 0.29) is 12.2 Å². The van der Waals surface area contributed by atoms with E-state index in [1.54, 1.807) is 23.5 Å². The van der Waals surface area contributed by atoms with Gasteiger partial charge in [-0.15, -0.1) is 11.3 Å². The molecule has 0 amide bonds. The van der Waals surface area contributed by atoms with Gasteiger partial charge in [-0.3, -0.25) is 4.79 Å². The molecular weight excluding hydrogens is 336 g/mol. The van der Waals surface area contributed by atoms with Crippen LogP contribution in [0.2, 0.25) is 0 Å². The van der Waals surface area contributed by atoms with E-state index in [9.17, 15) is 9.59 Å². The number of thiophene rings is 1. The summed E-state index contributed by atoms with van der Waals surface area (Å²) in [7, 11) is 0. The Morgan fingerprint density at radius 1 is 1.28 bits per heavy atom. The molecule has 1 aromatic carbocycles. The fourth-order valence-electron chi connectivity index (χ4n) is 3.20. The zero-order valence-corrected chi connectivity index (χ0v) is 15.0. The number of aromatic amines is 1. The molecule has 25 heavy (non-hydrogen) atoms. The van der Waals surface area contributed by atoms with Gasteiger partial charge in [0.1, 0.15) is 17.3 Å². The second-order valence-electron chi connectivity index (χ2n) is 6.43. The molecule has 1 N–H and O–H groups in total. The van der Waals surface area contributed by atoms with Gasteiger partial charge < -0.3 is 9.72 Å². The number of fused-ring (bicyclic) bond motifs is 3. The van der Waals surface area contributed by atoms with Crippen molar-refractivity contribution in [2.75, 3.05) is 0 Å². The van der Waals surface area contributed by atoms with Crippen molar-refractivity contribution >= 4 is 27.5 Å². The Hall–Kier alpha value is -2.47. The van der Waals surface area contributed by atoms with Crippen molar-refractivity contribution in [1.29, 1.82) is 0 Å². The third kappa shape index (κ3) is 2.87. The molecule has 1 aliphatic carbocycles. The van der Waals surface area contributed by atoms with E-state index in [2.05, 4.69) is 9.97 Å². The van der Waals surface area contributed by atoms with E-state index in [0.29, 0.717) is 16.8 Å². The van der Waals surface area contributed by atoms with Crippen LogP contribution in [-0.4, -0.2) is 15.9 Å². The van der Waals surface area contributed by atoms with Crippen molar-refractivity contribution in [3.8, 4) is 0 Å². The third-order valence-corrected chi connectivity index (χ3v) is 5.89. The van der Waals surface area contributed by atoms with E-state index in [4.69, 9.17) is 4.74 Å². The van der Waals surface area contributed by atoms with Crippen molar-refractivity contribution in [2.45, 2.75) is 39.7 Å². The fraction of sp³-hybridized carbons (Fsp3) is 0.316. The van der Waals surface area contributed by atoms with Crippen LogP contribution in [0.25, 0.3) is 10.2 Å². The molecule has 2 heterocycles. The van der Waals surface area contributed by atoms with Crippen molar-refractivity contribution < 1.29 is 9.53 Å². The number of aromatic nitrogens is 2. The Morgan fingerprint density at radius 3 is 2.92 bits per heavy atom. The van der Waals surface area contributed by atoms with Gasteiger partial charge in [0.15, 0.2) is 0 Å². The smallest absolute Gasteiger partial charge is 0.338 e. The van der Waals surface area contributed by atoms with Gasteiger partial charge >= 0.3 is 5.97 Å². The average molecular weight is 354 g/mol. The maximum absolute atomic E-state index is 12.4. The van der Waals surface area contributed by atoms with E-state index < -0.39 is 5.97 Å². The fourth-order valence-corrected chi connectivity index (χ4v) is 4.48. The standard InChI is InChI=1S/C19H18N2O3S/c1-10-6-7-12(8-11(10)2)19(23)24-9-15-20-17(22)16-13-4-3-5-14(13)25-18(16)21-15/h6-8H,3-5,9H2,1-2H3,(H,20,21,22). The SMILES string of the molecule is Cc1ccc(C(=O)OCc2nc3sc4c(c3c(=O)[nH]2)CCC4)cc1C. The average Bonchev–Trinajstić information content (AvgIpc) is 3.15. The molecule has 0 saturated carbocycles. The summed E-state index contributed by atoms with van der Waals surface area (Å²) in [5, 5.41) is 0.710. The first kappa shape index (κ1) is 16.0. The van der Waals surface area contributed by atoms with Crippen molar-refractivity contribution in [1.82, 2.24) is 9.97 Å². The topological polar surface area (TPSA) is 72.0 Å². The van der Waals surface area contributed by atoms with Gasteiger partial charge in [0, 0.05) is 4.88 Å². The summed E-state index contributed by atoms with van der Waals surface area (Å²) < 4.78 is 5.32. The number of H-pyrrole nitrogens is 1. The van der Waals surface area contributed by atoms with Crippen LogP contribution in [0.4, 0.5) is 0 Å². The van der Waals surface area contributed by atoms with Crippen LogP contribution in [0.3, 0.4) is 0 Å². The Bertz CT molecular complexity index is 1050. The van der Waals surface area contributed by atoms with Crippen LogP contribution in [0.1, 0.15) is 44.2 Å². The number of aryl methyl sites for hydroxylation is 4. The maximum atomic E-state index is 12.4. The van der Waals surface area contributed by atoms with E-state index in [0.717, 1.165) is 40.8 Å². The Morgan fingerprint density at radius 2 is 2.12 bits per heavy atom. The zero-order chi connectivity index (χ0) is 17.6. The Labute approximate surface area is 148 Å². The quantitative estimate of drug-likeness (QED) is 0.731. The molecular formula is C19H18N2O3S. The number of esters is 1. The third-order valence-electron chi connectivity index (χ3n) is 4.71. The molecule has 0 aliphatic heterocycles. The predicted octanol–water partition coefficient (Wildman–Crippen LogP) is 3.45. The molecule has 3 aromatic rings. The summed E-state index contributed by atoms with van der Waals surface area (Å²) in [5.41, 5.74) is 3.67. The number of nitrogens with zero attached hydrogens (tertiary/aromatic N) is 1. The summed E-state index contributed by atoms with van der Waals surface area (Å²) in [6, 6.07) is 5.44. The second kappa shape index (κ2) is 6.11. The minimum Gasteiger partial charge on any atom is -0.454 e. The number of carbonyl (C=O) groups is 1. The Kier molecular flexibility index (Phi) is 3.92. The summed E-state index contributed by atoms with van der Waals surface area (Å²) in [4.78, 5) is 33.8. The molecule has 0 bridgehead atoms. The molecule has 2 aromatic heterocycles. The number of nitrogens with one attached hydrogen (secondary N) is 1. The molecule has 0 atom stereocenters. The van der Waals surface area contributed by atoms with E-state index >= 15 is 0 Å². The summed E-state index contributed by atoms with van der Waals surface area (Å²) in [6.07, 6.45) is 3.07. The van der Waals surface area contributed by atoms with Gasteiger partial charge in [-0.25, -0.2) is 9.78 Å². The first-order valence-corrected chi connectivity index (χ1v) is 9.12. The second-order valence-corrected chi connectivity index (χ2v) is 7.51. The van der Waals surface area contributed by atoms with E-state index in [1.165, 1.54) is 4.88 Å². The highest BCUT2D eigenvalue weighted by Gasteiger charge is 2.21. The predicted molar refractivity (Wildman–Crippen MR) is 97.3 cm³/mol. The van der Waals surface area contributed by atoms with Crippen LogP contribution < -0.4 is 5.56 Å². The van der Waals surface area contributed by atoms with Gasteiger partial charge in [0.05, 0.1) is 10.9 Å².